The van der Waals surface area contributed by atoms with E-state index in [4.69, 9.17) is 4.74 Å². The van der Waals surface area contributed by atoms with E-state index in [2.05, 4.69) is 4.98 Å². The quantitative estimate of drug-likeness (QED) is 0.841. The van der Waals surface area contributed by atoms with E-state index >= 15 is 0 Å². The Hall–Kier alpha value is -2.10. The number of H-pyrrole nitrogens is 1. The number of aromatic nitrogens is 1. The Morgan fingerprint density at radius 2 is 2.06 bits per heavy atom. The number of pyridine rings is 1. The summed E-state index contributed by atoms with van der Waals surface area (Å²) in [5.74, 6) is 0.0806. The van der Waals surface area contributed by atoms with Crippen LogP contribution in [0.25, 0.3) is 11.1 Å². The maximum atomic E-state index is 13.7. The van der Waals surface area contributed by atoms with Crippen molar-refractivity contribution >= 4 is 0 Å². The van der Waals surface area contributed by atoms with E-state index in [1.54, 1.807) is 18.2 Å². The summed E-state index contributed by atoms with van der Waals surface area (Å²) in [5.41, 5.74) is 0.842. The fraction of sp³-hybridized carbons (Fsp3) is 0.0833. The van der Waals surface area contributed by atoms with Crippen LogP contribution in [0, 0.1) is 5.82 Å². The van der Waals surface area contributed by atoms with Crippen molar-refractivity contribution in [3.63, 3.8) is 0 Å². The van der Waals surface area contributed by atoms with Gasteiger partial charge in [-0.25, -0.2) is 4.39 Å². The highest BCUT2D eigenvalue weighted by molar-refractivity contribution is 5.63. The Bertz CT molecular complexity index is 543. The summed E-state index contributed by atoms with van der Waals surface area (Å²) >= 11 is 0. The van der Waals surface area contributed by atoms with Gasteiger partial charge in [0, 0.05) is 29.5 Å². The molecule has 0 spiro atoms. The monoisotopic (exact) mass is 219 g/mol. The lowest BCUT2D eigenvalue weighted by atomic mass is 10.1. The fourth-order valence-corrected chi connectivity index (χ4v) is 1.44. The first kappa shape index (κ1) is 10.4. The topological polar surface area (TPSA) is 42.1 Å². The molecule has 0 radical (unpaired) electrons. The molecule has 0 amide bonds. The molecule has 1 N–H and O–H groups in total. The highest BCUT2D eigenvalue weighted by atomic mass is 19.1. The minimum Gasteiger partial charge on any atom is -0.497 e. The van der Waals surface area contributed by atoms with E-state index in [0.717, 1.165) is 0 Å². The van der Waals surface area contributed by atoms with Crippen molar-refractivity contribution in [3.05, 3.63) is 52.7 Å². The van der Waals surface area contributed by atoms with Crippen molar-refractivity contribution in [2.24, 2.45) is 0 Å². The second kappa shape index (κ2) is 4.18. The van der Waals surface area contributed by atoms with E-state index in [9.17, 15) is 9.18 Å². The lowest BCUT2D eigenvalue weighted by molar-refractivity contribution is 0.411. The smallest absolute Gasteiger partial charge is 0.247 e. The molecule has 0 unspecified atom stereocenters. The van der Waals surface area contributed by atoms with Crippen molar-refractivity contribution in [1.82, 2.24) is 4.98 Å². The number of methoxy groups -OCH3 is 1. The summed E-state index contributed by atoms with van der Waals surface area (Å²) < 4.78 is 18.6. The standard InChI is InChI=1S/C12H10FNO2/c1-16-9-3-4-10(11(13)6-9)8-2-5-12(15)14-7-8/h2-7H,1H3,(H,14,15). The van der Waals surface area contributed by atoms with Gasteiger partial charge in [0.25, 0.3) is 0 Å². The Kier molecular flexibility index (Phi) is 2.72. The van der Waals surface area contributed by atoms with Crippen molar-refractivity contribution in [3.8, 4) is 16.9 Å². The van der Waals surface area contributed by atoms with Crippen LogP contribution < -0.4 is 10.3 Å². The minimum atomic E-state index is -0.383. The molecular formula is C12H10FNO2. The number of hydrogen-bond donors (Lipinski definition) is 1. The largest absolute Gasteiger partial charge is 0.497 e. The summed E-state index contributed by atoms with van der Waals surface area (Å²) in [6.07, 6.45) is 1.48. The van der Waals surface area contributed by atoms with Gasteiger partial charge in [0.15, 0.2) is 0 Å². The van der Waals surface area contributed by atoms with Gasteiger partial charge in [-0.1, -0.05) is 0 Å². The molecule has 0 atom stereocenters. The zero-order valence-electron chi connectivity index (χ0n) is 8.66. The Morgan fingerprint density at radius 1 is 1.25 bits per heavy atom. The van der Waals surface area contributed by atoms with Crippen LogP contribution in [0.5, 0.6) is 5.75 Å². The average Bonchev–Trinajstić information content (AvgIpc) is 2.30. The Labute approximate surface area is 91.5 Å². The first-order valence-electron chi connectivity index (χ1n) is 4.73. The summed E-state index contributed by atoms with van der Waals surface area (Å²) in [7, 11) is 1.48. The predicted octanol–water partition coefficient (Wildman–Crippen LogP) is 2.19. The van der Waals surface area contributed by atoms with Crippen molar-refractivity contribution < 1.29 is 9.13 Å². The van der Waals surface area contributed by atoms with E-state index in [1.165, 1.54) is 25.4 Å². The molecule has 16 heavy (non-hydrogen) atoms. The molecule has 0 aliphatic carbocycles. The van der Waals surface area contributed by atoms with Gasteiger partial charge in [0.2, 0.25) is 5.56 Å². The highest BCUT2D eigenvalue weighted by Crippen LogP contribution is 2.24. The van der Waals surface area contributed by atoms with E-state index < -0.39 is 0 Å². The van der Waals surface area contributed by atoms with Gasteiger partial charge in [-0.3, -0.25) is 4.79 Å². The van der Waals surface area contributed by atoms with Gasteiger partial charge in [-0.15, -0.1) is 0 Å². The maximum absolute atomic E-state index is 13.7. The number of halogens is 1. The minimum absolute atomic E-state index is 0.210. The zero-order chi connectivity index (χ0) is 11.5. The van der Waals surface area contributed by atoms with Crippen LogP contribution in [-0.2, 0) is 0 Å². The molecule has 0 aliphatic rings. The molecule has 1 heterocycles. The fourth-order valence-electron chi connectivity index (χ4n) is 1.44. The summed E-state index contributed by atoms with van der Waals surface area (Å²) in [6, 6.07) is 7.52. The zero-order valence-corrected chi connectivity index (χ0v) is 8.66. The second-order valence-electron chi connectivity index (χ2n) is 3.29. The Balaban J connectivity index is 2.48. The SMILES string of the molecule is COc1ccc(-c2ccc(=O)[nH]c2)c(F)c1. The lowest BCUT2D eigenvalue weighted by Gasteiger charge is -2.05. The first-order chi connectivity index (χ1) is 7.70. The molecular weight excluding hydrogens is 209 g/mol. The van der Waals surface area contributed by atoms with Crippen LogP contribution in [0.2, 0.25) is 0 Å². The highest BCUT2D eigenvalue weighted by Gasteiger charge is 2.06. The van der Waals surface area contributed by atoms with E-state index in [0.29, 0.717) is 16.9 Å². The molecule has 1 aromatic carbocycles. The summed E-state index contributed by atoms with van der Waals surface area (Å²) in [6.45, 7) is 0. The number of ether oxygens (including phenoxy) is 1. The molecule has 0 bridgehead atoms. The van der Waals surface area contributed by atoms with Gasteiger partial charge in [-0.2, -0.15) is 0 Å². The summed E-state index contributed by atoms with van der Waals surface area (Å²) in [4.78, 5) is 13.4. The molecule has 82 valence electrons. The third kappa shape index (κ3) is 1.95. The molecule has 1 aromatic heterocycles. The first-order valence-corrected chi connectivity index (χ1v) is 4.73. The maximum Gasteiger partial charge on any atom is 0.247 e. The van der Waals surface area contributed by atoms with E-state index in [1.807, 2.05) is 0 Å². The van der Waals surface area contributed by atoms with Crippen LogP contribution in [0.3, 0.4) is 0 Å². The molecule has 0 saturated carbocycles. The van der Waals surface area contributed by atoms with Crippen LogP contribution in [-0.4, -0.2) is 12.1 Å². The summed E-state index contributed by atoms with van der Waals surface area (Å²) in [5, 5.41) is 0. The Morgan fingerprint density at radius 3 is 2.62 bits per heavy atom. The van der Waals surface area contributed by atoms with E-state index in [-0.39, 0.29) is 11.4 Å². The van der Waals surface area contributed by atoms with Gasteiger partial charge in [0.05, 0.1) is 7.11 Å². The number of rotatable bonds is 2. The average molecular weight is 219 g/mol. The third-order valence-electron chi connectivity index (χ3n) is 2.27. The molecule has 3 nitrogen and oxygen atoms in total. The second-order valence-corrected chi connectivity index (χ2v) is 3.29. The van der Waals surface area contributed by atoms with Gasteiger partial charge in [0.1, 0.15) is 11.6 Å². The molecule has 0 aliphatic heterocycles. The van der Waals surface area contributed by atoms with Crippen LogP contribution in [0.4, 0.5) is 4.39 Å². The molecule has 0 saturated heterocycles. The van der Waals surface area contributed by atoms with Crippen LogP contribution >= 0.6 is 0 Å². The molecule has 0 fully saturated rings. The number of benzene rings is 1. The predicted molar refractivity (Wildman–Crippen MR) is 59.0 cm³/mol. The van der Waals surface area contributed by atoms with Crippen LogP contribution in [0.15, 0.2) is 41.3 Å². The number of nitrogens with one attached hydrogen (secondary N) is 1. The van der Waals surface area contributed by atoms with Crippen molar-refractivity contribution in [1.29, 1.82) is 0 Å². The molecule has 4 heteroatoms. The number of hydrogen-bond acceptors (Lipinski definition) is 2. The molecule has 2 rings (SSSR count). The van der Waals surface area contributed by atoms with Crippen molar-refractivity contribution in [2.45, 2.75) is 0 Å². The van der Waals surface area contributed by atoms with Crippen molar-refractivity contribution in [2.75, 3.05) is 7.11 Å². The van der Waals surface area contributed by atoms with Crippen LogP contribution in [0.1, 0.15) is 0 Å². The lowest BCUT2D eigenvalue weighted by Crippen LogP contribution is -2.01. The molecule has 2 aromatic rings. The van der Waals surface area contributed by atoms with Gasteiger partial charge < -0.3 is 9.72 Å². The number of aromatic amines is 1. The normalized spacial score (nSPS) is 10.1. The van der Waals surface area contributed by atoms with Gasteiger partial charge in [-0.05, 0) is 18.2 Å². The van der Waals surface area contributed by atoms with Gasteiger partial charge >= 0.3 is 0 Å². The third-order valence-corrected chi connectivity index (χ3v) is 2.27.